The Balaban J connectivity index is 2.22. The summed E-state index contributed by atoms with van der Waals surface area (Å²) in [6.07, 6.45) is 15.9. The van der Waals surface area contributed by atoms with Crippen LogP contribution in [0.25, 0.3) is 0 Å². The molecule has 1 aliphatic carbocycles. The van der Waals surface area contributed by atoms with E-state index >= 15 is 0 Å². The van der Waals surface area contributed by atoms with E-state index in [-0.39, 0.29) is 0 Å². The molecule has 0 saturated heterocycles. The highest BCUT2D eigenvalue weighted by molar-refractivity contribution is 5.81. The van der Waals surface area contributed by atoms with Crippen LogP contribution < -0.4 is 0 Å². The number of Topliss-reactive ketones (excluding diaryl/α,β-unsaturated/α-hetero) is 2. The summed E-state index contributed by atoms with van der Waals surface area (Å²) in [5.74, 6) is 0.717. The van der Waals surface area contributed by atoms with E-state index in [0.717, 1.165) is 32.1 Å². The normalized spacial score (nSPS) is 22.9. The number of rotatable bonds is 0. The first-order valence-corrected chi connectivity index (χ1v) is 8.32. The zero-order valence-electron chi connectivity index (χ0n) is 12.4. The van der Waals surface area contributed by atoms with Crippen molar-refractivity contribution < 1.29 is 9.59 Å². The van der Waals surface area contributed by atoms with Gasteiger partial charge >= 0.3 is 0 Å². The second-order valence-corrected chi connectivity index (χ2v) is 5.97. The van der Waals surface area contributed by atoms with Gasteiger partial charge in [0.1, 0.15) is 11.6 Å². The zero-order valence-corrected chi connectivity index (χ0v) is 12.4. The first-order chi connectivity index (χ1) is 9.29. The molecule has 2 heteroatoms. The Morgan fingerprint density at radius 1 is 0.368 bits per heavy atom. The summed E-state index contributed by atoms with van der Waals surface area (Å²) < 4.78 is 0. The van der Waals surface area contributed by atoms with Crippen LogP contribution in [0.1, 0.15) is 96.3 Å². The minimum absolute atomic E-state index is 0.358. The number of carbonyl (C=O) groups excluding carboxylic acids is 2. The van der Waals surface area contributed by atoms with E-state index in [0.29, 0.717) is 24.4 Å². The SMILES string of the molecule is O=C1CCCCCCCCCCCCC(=O)CCC1. The molecule has 0 aliphatic heterocycles. The minimum atomic E-state index is 0.358. The molecule has 0 heterocycles. The van der Waals surface area contributed by atoms with E-state index in [1.807, 2.05) is 0 Å². The van der Waals surface area contributed by atoms with Crippen molar-refractivity contribution in [2.24, 2.45) is 0 Å². The van der Waals surface area contributed by atoms with Gasteiger partial charge in [-0.15, -0.1) is 0 Å². The predicted octanol–water partition coefficient (Wildman–Crippen LogP) is 4.99. The average Bonchev–Trinajstić information content (AvgIpc) is 2.39. The van der Waals surface area contributed by atoms with Crippen molar-refractivity contribution in [3.05, 3.63) is 0 Å². The van der Waals surface area contributed by atoms with Crippen LogP contribution in [0.4, 0.5) is 0 Å². The van der Waals surface area contributed by atoms with E-state index in [9.17, 15) is 9.59 Å². The smallest absolute Gasteiger partial charge is 0.132 e. The molecule has 2 nitrogen and oxygen atoms in total. The first kappa shape index (κ1) is 16.4. The van der Waals surface area contributed by atoms with Crippen molar-refractivity contribution in [1.82, 2.24) is 0 Å². The first-order valence-electron chi connectivity index (χ1n) is 8.32. The molecule has 0 atom stereocenters. The highest BCUT2D eigenvalue weighted by Gasteiger charge is 2.06. The van der Waals surface area contributed by atoms with Crippen molar-refractivity contribution in [2.75, 3.05) is 0 Å². The van der Waals surface area contributed by atoms with Gasteiger partial charge in [0.2, 0.25) is 0 Å². The molecule has 1 fully saturated rings. The molecule has 1 saturated carbocycles. The summed E-state index contributed by atoms with van der Waals surface area (Å²) in [5, 5.41) is 0. The van der Waals surface area contributed by atoms with Crippen molar-refractivity contribution in [2.45, 2.75) is 96.3 Å². The molecule has 0 bridgehead atoms. The molecule has 1 rings (SSSR count). The summed E-state index contributed by atoms with van der Waals surface area (Å²) in [7, 11) is 0. The van der Waals surface area contributed by atoms with Crippen LogP contribution >= 0.6 is 0 Å². The van der Waals surface area contributed by atoms with Crippen molar-refractivity contribution in [1.29, 1.82) is 0 Å². The topological polar surface area (TPSA) is 34.1 Å². The van der Waals surface area contributed by atoms with Gasteiger partial charge in [-0.25, -0.2) is 0 Å². The molecule has 0 aromatic carbocycles. The summed E-state index contributed by atoms with van der Waals surface area (Å²) in [5.41, 5.74) is 0. The summed E-state index contributed by atoms with van der Waals surface area (Å²) >= 11 is 0. The third-order valence-corrected chi connectivity index (χ3v) is 4.07. The summed E-state index contributed by atoms with van der Waals surface area (Å²) in [4.78, 5) is 23.3. The van der Waals surface area contributed by atoms with Crippen LogP contribution in [0, 0.1) is 0 Å². The number of hydrogen-bond donors (Lipinski definition) is 0. The van der Waals surface area contributed by atoms with E-state index in [1.165, 1.54) is 51.4 Å². The Morgan fingerprint density at radius 3 is 1.00 bits per heavy atom. The van der Waals surface area contributed by atoms with Gasteiger partial charge in [-0.05, 0) is 19.3 Å². The van der Waals surface area contributed by atoms with Crippen LogP contribution in [0.2, 0.25) is 0 Å². The molecule has 0 N–H and O–H groups in total. The fraction of sp³-hybridized carbons (Fsp3) is 0.882. The average molecular weight is 266 g/mol. The molecule has 0 amide bonds. The lowest BCUT2D eigenvalue weighted by Crippen LogP contribution is -2.02. The number of carbonyl (C=O) groups is 2. The van der Waals surface area contributed by atoms with Crippen LogP contribution in [-0.4, -0.2) is 11.6 Å². The fourth-order valence-electron chi connectivity index (χ4n) is 2.79. The highest BCUT2D eigenvalue weighted by Crippen LogP contribution is 2.14. The molecule has 110 valence electrons. The van der Waals surface area contributed by atoms with Crippen molar-refractivity contribution in [3.63, 3.8) is 0 Å². The molecular formula is C17H30O2. The third kappa shape index (κ3) is 9.86. The van der Waals surface area contributed by atoms with Gasteiger partial charge in [0, 0.05) is 25.7 Å². The molecule has 19 heavy (non-hydrogen) atoms. The van der Waals surface area contributed by atoms with Crippen molar-refractivity contribution >= 4 is 11.6 Å². The third-order valence-electron chi connectivity index (χ3n) is 4.07. The lowest BCUT2D eigenvalue weighted by Gasteiger charge is -2.02. The Bertz CT molecular complexity index is 232. The van der Waals surface area contributed by atoms with E-state index in [1.54, 1.807) is 0 Å². The lowest BCUT2D eigenvalue weighted by molar-refractivity contribution is -0.120. The molecule has 1 aliphatic rings. The number of hydrogen-bond acceptors (Lipinski definition) is 2. The van der Waals surface area contributed by atoms with E-state index < -0.39 is 0 Å². The Labute approximate surface area is 118 Å². The monoisotopic (exact) mass is 266 g/mol. The van der Waals surface area contributed by atoms with Crippen LogP contribution in [0.3, 0.4) is 0 Å². The van der Waals surface area contributed by atoms with Gasteiger partial charge in [0.15, 0.2) is 0 Å². The Kier molecular flexibility index (Phi) is 9.66. The Hall–Kier alpha value is -0.660. The summed E-state index contributed by atoms with van der Waals surface area (Å²) in [6.45, 7) is 0. The van der Waals surface area contributed by atoms with E-state index in [4.69, 9.17) is 0 Å². The van der Waals surface area contributed by atoms with Gasteiger partial charge in [0.25, 0.3) is 0 Å². The van der Waals surface area contributed by atoms with Gasteiger partial charge in [0.05, 0.1) is 0 Å². The largest absolute Gasteiger partial charge is 0.300 e. The van der Waals surface area contributed by atoms with Gasteiger partial charge < -0.3 is 0 Å². The molecule has 0 unspecified atom stereocenters. The highest BCUT2D eigenvalue weighted by atomic mass is 16.1. The standard InChI is InChI=1S/C17H30O2/c18-16-12-9-7-5-3-1-2-4-6-8-10-13-17(19)15-11-14-16/h1-15H2. The minimum Gasteiger partial charge on any atom is -0.300 e. The molecule has 0 spiro atoms. The molecule has 0 aromatic heterocycles. The van der Waals surface area contributed by atoms with Crippen molar-refractivity contribution in [3.8, 4) is 0 Å². The Morgan fingerprint density at radius 2 is 0.632 bits per heavy atom. The van der Waals surface area contributed by atoms with Crippen LogP contribution in [0.15, 0.2) is 0 Å². The van der Waals surface area contributed by atoms with Gasteiger partial charge in [-0.1, -0.05) is 51.4 Å². The van der Waals surface area contributed by atoms with Crippen LogP contribution in [0.5, 0.6) is 0 Å². The maximum atomic E-state index is 11.6. The molecular weight excluding hydrogens is 236 g/mol. The van der Waals surface area contributed by atoms with Gasteiger partial charge in [-0.3, -0.25) is 9.59 Å². The fourth-order valence-corrected chi connectivity index (χ4v) is 2.79. The maximum absolute atomic E-state index is 11.6. The summed E-state index contributed by atoms with van der Waals surface area (Å²) in [6, 6.07) is 0. The quantitative estimate of drug-likeness (QED) is 0.619. The van der Waals surface area contributed by atoms with Gasteiger partial charge in [-0.2, -0.15) is 0 Å². The predicted molar refractivity (Wildman–Crippen MR) is 79.3 cm³/mol. The van der Waals surface area contributed by atoms with E-state index in [2.05, 4.69) is 0 Å². The van der Waals surface area contributed by atoms with Crippen LogP contribution in [-0.2, 0) is 9.59 Å². The number of ketones is 2. The molecule has 0 aromatic rings. The lowest BCUT2D eigenvalue weighted by atomic mass is 10.0. The molecule has 0 radical (unpaired) electrons. The second kappa shape index (κ2) is 11.2. The second-order valence-electron chi connectivity index (χ2n) is 5.97. The maximum Gasteiger partial charge on any atom is 0.132 e. The zero-order chi connectivity index (χ0) is 13.8.